The maximum absolute atomic E-state index is 6.57. The van der Waals surface area contributed by atoms with Gasteiger partial charge in [-0.1, -0.05) is 164 Å². The van der Waals surface area contributed by atoms with Gasteiger partial charge in [0.05, 0.1) is 0 Å². The first-order valence-corrected chi connectivity index (χ1v) is 19.2. The summed E-state index contributed by atoms with van der Waals surface area (Å²) in [6.07, 6.45) is 23.6. The van der Waals surface area contributed by atoms with Crippen LogP contribution in [0.2, 0.25) is 0 Å². The molecule has 0 saturated heterocycles. The average molecular weight is 734 g/mol. The fourth-order valence-corrected chi connectivity index (χ4v) is 7.36. The number of allylic oxidation sites excluding steroid dienone is 12. The molecule has 1 aliphatic rings. The molecule has 0 unspecified atom stereocenters. The molecule has 4 heteroatoms. The molecule has 9 rings (SSSR count). The van der Waals surface area contributed by atoms with Crippen LogP contribution >= 0.6 is 0 Å². The zero-order chi connectivity index (χ0) is 38.6. The molecule has 0 bridgehead atoms. The average Bonchev–Trinajstić information content (AvgIpc) is 3.64. The summed E-state index contributed by atoms with van der Waals surface area (Å²) in [5.74, 6) is 1.85. The van der Waals surface area contributed by atoms with Gasteiger partial charge < -0.3 is 4.42 Å². The Morgan fingerprint density at radius 2 is 1.33 bits per heavy atom. The maximum Gasteiger partial charge on any atom is 0.164 e. The predicted molar refractivity (Wildman–Crippen MR) is 239 cm³/mol. The molecule has 0 fully saturated rings. The number of fused-ring (bicyclic) bond motifs is 4. The van der Waals surface area contributed by atoms with Gasteiger partial charge in [0.15, 0.2) is 17.5 Å². The van der Waals surface area contributed by atoms with Gasteiger partial charge in [0.2, 0.25) is 0 Å². The first-order valence-electron chi connectivity index (χ1n) is 19.2. The van der Waals surface area contributed by atoms with E-state index in [1.165, 1.54) is 11.0 Å². The second-order valence-corrected chi connectivity index (χ2v) is 14.0. The molecule has 2 aromatic heterocycles. The van der Waals surface area contributed by atoms with Crippen LogP contribution in [0, 0.1) is 0 Å². The fourth-order valence-electron chi connectivity index (χ4n) is 7.36. The highest BCUT2D eigenvalue weighted by molar-refractivity contribution is 6.13. The predicted octanol–water partition coefficient (Wildman–Crippen LogP) is 14.2. The molecule has 0 radical (unpaired) electrons. The number of nitrogens with zero attached hydrogens (tertiary/aromatic N) is 3. The summed E-state index contributed by atoms with van der Waals surface area (Å²) in [6.45, 7) is 6.17. The van der Waals surface area contributed by atoms with Crippen molar-refractivity contribution in [1.82, 2.24) is 15.0 Å². The highest BCUT2D eigenvalue weighted by Crippen LogP contribution is 2.41. The Morgan fingerprint density at radius 1 is 0.579 bits per heavy atom. The minimum Gasteiger partial charge on any atom is -0.456 e. The molecule has 0 N–H and O–H groups in total. The second kappa shape index (κ2) is 15.7. The molecule has 0 amide bonds. The topological polar surface area (TPSA) is 51.8 Å². The van der Waals surface area contributed by atoms with Crippen LogP contribution in [0.3, 0.4) is 0 Å². The molecule has 57 heavy (non-hydrogen) atoms. The monoisotopic (exact) mass is 733 g/mol. The number of aromatic nitrogens is 3. The molecule has 272 valence electrons. The van der Waals surface area contributed by atoms with Crippen molar-refractivity contribution in [1.29, 1.82) is 0 Å². The Bertz CT molecular complexity index is 3010. The zero-order valence-electron chi connectivity index (χ0n) is 31.6. The SMILES string of the molecule is C=C1C=C/C=C(/c2cc(-c3ccc(-c4nc(-c5ccccc5)nc(-c5ccc6ccccc6c5)n4)c(/C=C\C=C/C)c3)c3c(c2)oc2ccccc23)C/C=C\C=C/1. The molecule has 0 saturated carbocycles. The van der Waals surface area contributed by atoms with Crippen LogP contribution in [0.15, 0.2) is 205 Å². The smallest absolute Gasteiger partial charge is 0.164 e. The van der Waals surface area contributed by atoms with E-state index in [4.69, 9.17) is 19.4 Å². The van der Waals surface area contributed by atoms with E-state index >= 15 is 0 Å². The number of rotatable bonds is 7. The van der Waals surface area contributed by atoms with Crippen LogP contribution in [0.4, 0.5) is 0 Å². The van der Waals surface area contributed by atoms with Gasteiger partial charge in [0.25, 0.3) is 0 Å². The van der Waals surface area contributed by atoms with Crippen LogP contribution < -0.4 is 0 Å². The van der Waals surface area contributed by atoms with Crippen molar-refractivity contribution < 1.29 is 4.42 Å². The van der Waals surface area contributed by atoms with Gasteiger partial charge in [0.1, 0.15) is 11.2 Å². The van der Waals surface area contributed by atoms with E-state index in [-0.39, 0.29) is 0 Å². The first kappa shape index (κ1) is 35.3. The summed E-state index contributed by atoms with van der Waals surface area (Å²) in [5.41, 5.74) is 10.8. The highest BCUT2D eigenvalue weighted by atomic mass is 16.3. The Morgan fingerprint density at radius 3 is 2.21 bits per heavy atom. The number of benzene rings is 6. The molecule has 0 aliphatic heterocycles. The number of hydrogen-bond donors (Lipinski definition) is 0. The van der Waals surface area contributed by atoms with E-state index in [2.05, 4.69) is 128 Å². The standard InChI is InChI=1S/C53H39N3O/c1-3-4-7-24-41-33-42(47-34-44(37-19-9-5-8-17-36(2)18-16-25-37)35-49-50(47)46-26-14-15-27-48(46)57-49)30-31-45(41)53-55-51(39-21-10-6-11-22-39)54-52(56-53)43-29-28-38-20-12-13-23-40(38)32-43/h3-18,20-35H,2,19H2,1H3/b4-3-,9-5-,17-8-,18-16?,24-7-,37-25+. The van der Waals surface area contributed by atoms with Crippen molar-refractivity contribution >= 4 is 44.4 Å². The summed E-state index contributed by atoms with van der Waals surface area (Å²) in [4.78, 5) is 15.3. The molecule has 4 nitrogen and oxygen atoms in total. The van der Waals surface area contributed by atoms with Gasteiger partial charge in [-0.05, 0) is 93.9 Å². The number of para-hydroxylation sites is 1. The third-order valence-corrected chi connectivity index (χ3v) is 10.2. The van der Waals surface area contributed by atoms with Crippen molar-refractivity contribution in [2.75, 3.05) is 0 Å². The van der Waals surface area contributed by atoms with E-state index in [1.807, 2.05) is 79.8 Å². The molecule has 1 aliphatic carbocycles. The minimum absolute atomic E-state index is 0.604. The Hall–Kier alpha value is -7.43. The molecule has 8 aromatic rings. The van der Waals surface area contributed by atoms with Gasteiger partial charge in [-0.25, -0.2) is 15.0 Å². The summed E-state index contributed by atoms with van der Waals surface area (Å²) >= 11 is 0. The number of hydrogen-bond acceptors (Lipinski definition) is 4. The van der Waals surface area contributed by atoms with Crippen molar-refractivity contribution in [3.63, 3.8) is 0 Å². The lowest BCUT2D eigenvalue weighted by atomic mass is 9.91. The molecule has 0 spiro atoms. The van der Waals surface area contributed by atoms with Crippen molar-refractivity contribution in [2.24, 2.45) is 0 Å². The maximum atomic E-state index is 6.57. The largest absolute Gasteiger partial charge is 0.456 e. The lowest BCUT2D eigenvalue weighted by Crippen LogP contribution is -2.01. The lowest BCUT2D eigenvalue weighted by molar-refractivity contribution is 0.669. The second-order valence-electron chi connectivity index (χ2n) is 14.0. The van der Waals surface area contributed by atoms with Crippen LogP contribution in [0.25, 0.3) is 89.7 Å². The van der Waals surface area contributed by atoms with Crippen molar-refractivity contribution in [2.45, 2.75) is 13.3 Å². The van der Waals surface area contributed by atoms with E-state index < -0.39 is 0 Å². The van der Waals surface area contributed by atoms with Crippen LogP contribution in [-0.2, 0) is 0 Å². The van der Waals surface area contributed by atoms with Crippen LogP contribution in [0.5, 0.6) is 0 Å². The third kappa shape index (κ3) is 7.37. The fraction of sp³-hybridized carbons (Fsp3) is 0.0377. The summed E-state index contributed by atoms with van der Waals surface area (Å²) < 4.78 is 6.57. The third-order valence-electron chi connectivity index (χ3n) is 10.2. The van der Waals surface area contributed by atoms with E-state index in [0.717, 1.165) is 78.3 Å². The summed E-state index contributed by atoms with van der Waals surface area (Å²) in [6, 6.07) is 44.2. The van der Waals surface area contributed by atoms with E-state index in [1.54, 1.807) is 0 Å². The van der Waals surface area contributed by atoms with Crippen molar-refractivity contribution in [3.8, 4) is 45.3 Å². The molecular weight excluding hydrogens is 695 g/mol. The van der Waals surface area contributed by atoms with Gasteiger partial charge >= 0.3 is 0 Å². The van der Waals surface area contributed by atoms with Gasteiger partial charge in [-0.15, -0.1) is 0 Å². The summed E-state index contributed by atoms with van der Waals surface area (Å²) in [7, 11) is 0. The Balaban J connectivity index is 1.24. The number of furan rings is 1. The molecule has 0 atom stereocenters. The zero-order valence-corrected chi connectivity index (χ0v) is 31.6. The van der Waals surface area contributed by atoms with Gasteiger partial charge in [-0.3, -0.25) is 0 Å². The molecular formula is C53H39N3O. The van der Waals surface area contributed by atoms with E-state index in [0.29, 0.717) is 17.5 Å². The normalized spacial score (nSPS) is 15.5. The highest BCUT2D eigenvalue weighted by Gasteiger charge is 2.19. The van der Waals surface area contributed by atoms with E-state index in [9.17, 15) is 0 Å². The molecule has 6 aromatic carbocycles. The first-order chi connectivity index (χ1) is 28.1. The van der Waals surface area contributed by atoms with Gasteiger partial charge in [0, 0.05) is 27.5 Å². The quantitative estimate of drug-likeness (QED) is 0.153. The van der Waals surface area contributed by atoms with Gasteiger partial charge in [-0.2, -0.15) is 0 Å². The molecule has 2 heterocycles. The lowest BCUT2D eigenvalue weighted by Gasteiger charge is -2.14. The minimum atomic E-state index is 0.604. The Labute approximate surface area is 332 Å². The van der Waals surface area contributed by atoms with Crippen LogP contribution in [0.1, 0.15) is 24.5 Å². The Kier molecular flexibility index (Phi) is 9.74. The van der Waals surface area contributed by atoms with Crippen molar-refractivity contribution in [3.05, 3.63) is 211 Å². The van der Waals surface area contributed by atoms with Crippen LogP contribution in [-0.4, -0.2) is 15.0 Å². The summed E-state index contributed by atoms with van der Waals surface area (Å²) in [5, 5.41) is 4.46.